The van der Waals surface area contributed by atoms with Gasteiger partial charge < -0.3 is 10.6 Å². The van der Waals surface area contributed by atoms with Gasteiger partial charge in [0.25, 0.3) is 0 Å². The standard InChI is InChI=1S/C33H48N2OS/c1-4-27(11-6-5-9-26(3)24-37)19-20-35-23-29(14-8-13-28-12-7-10-25(2)21-28)15-16-30-17-18-31(33(34)36)22-32(30)35/h5-7,10,12,17-18,21-22,26-27,29,37H,4,8-9,11,13-16,19-20,23-24H2,1-3H3,(H2,34,36)/b6-5+/t26-,27-,29?/m0/s1. The molecule has 0 saturated carbocycles. The van der Waals surface area contributed by atoms with E-state index in [1.165, 1.54) is 54.5 Å². The quantitative estimate of drug-likeness (QED) is 0.197. The van der Waals surface area contributed by atoms with Crippen molar-refractivity contribution >= 4 is 24.2 Å². The van der Waals surface area contributed by atoms with Crippen molar-refractivity contribution in [3.63, 3.8) is 0 Å². The van der Waals surface area contributed by atoms with Crippen LogP contribution in [-0.4, -0.2) is 24.7 Å². The summed E-state index contributed by atoms with van der Waals surface area (Å²) in [5.74, 6) is 2.57. The lowest BCUT2D eigenvalue weighted by molar-refractivity contribution is 0.100. The Labute approximate surface area is 231 Å². The van der Waals surface area contributed by atoms with E-state index in [1.54, 1.807) is 0 Å². The van der Waals surface area contributed by atoms with Crippen LogP contribution < -0.4 is 10.6 Å². The summed E-state index contributed by atoms with van der Waals surface area (Å²) < 4.78 is 0. The lowest BCUT2D eigenvalue weighted by Gasteiger charge is -2.30. The second-order valence-corrected chi connectivity index (χ2v) is 11.6. The SMILES string of the molecule is CC[C@@H](C/C=C/C[C@H](C)CS)CCN1CC(CCCc2cccc(C)c2)CCc2ccc(C(N)=O)cc21. The van der Waals surface area contributed by atoms with Gasteiger partial charge in [-0.1, -0.05) is 68.3 Å². The predicted molar refractivity (Wildman–Crippen MR) is 163 cm³/mol. The van der Waals surface area contributed by atoms with Gasteiger partial charge in [-0.25, -0.2) is 0 Å². The number of nitrogens with zero attached hydrogens (tertiary/aromatic N) is 1. The van der Waals surface area contributed by atoms with E-state index in [0.717, 1.165) is 44.5 Å². The number of aryl methyl sites for hydroxylation is 3. The molecule has 0 aromatic heterocycles. The molecule has 0 bridgehead atoms. The molecular weight excluding hydrogens is 472 g/mol. The first-order chi connectivity index (χ1) is 17.9. The van der Waals surface area contributed by atoms with E-state index in [4.69, 9.17) is 5.73 Å². The Bertz CT molecular complexity index is 1020. The molecule has 3 nitrogen and oxygen atoms in total. The van der Waals surface area contributed by atoms with Crippen molar-refractivity contribution < 1.29 is 4.79 Å². The van der Waals surface area contributed by atoms with Gasteiger partial charge in [0.05, 0.1) is 0 Å². The van der Waals surface area contributed by atoms with Crippen molar-refractivity contribution in [2.75, 3.05) is 23.7 Å². The zero-order valence-corrected chi connectivity index (χ0v) is 24.2. The van der Waals surface area contributed by atoms with E-state index in [1.807, 2.05) is 12.1 Å². The minimum atomic E-state index is -0.339. The molecule has 1 amide bonds. The number of anilines is 1. The summed E-state index contributed by atoms with van der Waals surface area (Å²) in [5.41, 5.74) is 11.7. The van der Waals surface area contributed by atoms with Crippen LogP contribution in [0.25, 0.3) is 0 Å². The topological polar surface area (TPSA) is 46.3 Å². The second-order valence-electron chi connectivity index (χ2n) is 11.2. The Balaban J connectivity index is 1.66. The van der Waals surface area contributed by atoms with E-state index in [-0.39, 0.29) is 5.91 Å². The average Bonchev–Trinajstić information content (AvgIpc) is 3.07. The van der Waals surface area contributed by atoms with Crippen molar-refractivity contribution in [3.05, 3.63) is 76.9 Å². The molecule has 202 valence electrons. The van der Waals surface area contributed by atoms with Gasteiger partial charge in [-0.2, -0.15) is 12.6 Å². The van der Waals surface area contributed by atoms with Gasteiger partial charge in [-0.15, -0.1) is 0 Å². The molecule has 0 aliphatic carbocycles. The summed E-state index contributed by atoms with van der Waals surface area (Å²) in [6.07, 6.45) is 15.2. The van der Waals surface area contributed by atoms with E-state index < -0.39 is 0 Å². The highest BCUT2D eigenvalue weighted by atomic mass is 32.1. The highest BCUT2D eigenvalue weighted by Crippen LogP contribution is 2.32. The summed E-state index contributed by atoms with van der Waals surface area (Å²) in [4.78, 5) is 14.5. The van der Waals surface area contributed by atoms with Gasteiger partial charge in [-0.3, -0.25) is 4.79 Å². The van der Waals surface area contributed by atoms with Crippen LogP contribution >= 0.6 is 12.6 Å². The number of carbonyl (C=O) groups excluding carboxylic acids is 1. The Morgan fingerprint density at radius 1 is 1.19 bits per heavy atom. The molecule has 2 N–H and O–H groups in total. The van der Waals surface area contributed by atoms with Gasteiger partial charge in [0.15, 0.2) is 0 Å². The molecule has 2 aromatic rings. The molecule has 0 spiro atoms. The van der Waals surface area contributed by atoms with Gasteiger partial charge >= 0.3 is 0 Å². The van der Waals surface area contributed by atoms with Crippen molar-refractivity contribution in [1.82, 2.24) is 0 Å². The Kier molecular flexibility index (Phi) is 12.1. The molecule has 37 heavy (non-hydrogen) atoms. The number of primary amides is 1. The zero-order chi connectivity index (χ0) is 26.6. The van der Waals surface area contributed by atoms with Crippen molar-refractivity contribution in [3.8, 4) is 0 Å². The maximum atomic E-state index is 12.0. The van der Waals surface area contributed by atoms with Crippen molar-refractivity contribution in [1.29, 1.82) is 0 Å². The van der Waals surface area contributed by atoms with Crippen LogP contribution in [0.1, 0.15) is 85.8 Å². The van der Waals surface area contributed by atoms with Crippen LogP contribution in [0.15, 0.2) is 54.6 Å². The number of benzene rings is 2. The minimum Gasteiger partial charge on any atom is -0.371 e. The molecule has 0 fully saturated rings. The van der Waals surface area contributed by atoms with Gasteiger partial charge in [0.2, 0.25) is 5.91 Å². The number of nitrogens with two attached hydrogens (primary N) is 1. The Morgan fingerprint density at radius 3 is 2.73 bits per heavy atom. The zero-order valence-electron chi connectivity index (χ0n) is 23.3. The molecule has 1 aliphatic rings. The normalized spacial score (nSPS) is 17.4. The van der Waals surface area contributed by atoms with Gasteiger partial charge in [-0.05, 0) is 105 Å². The van der Waals surface area contributed by atoms with Crippen molar-refractivity contribution in [2.24, 2.45) is 23.5 Å². The summed E-state index contributed by atoms with van der Waals surface area (Å²) in [6.45, 7) is 8.83. The average molecular weight is 521 g/mol. The largest absolute Gasteiger partial charge is 0.371 e. The van der Waals surface area contributed by atoms with Crippen LogP contribution in [-0.2, 0) is 12.8 Å². The predicted octanol–water partition coefficient (Wildman–Crippen LogP) is 7.80. The van der Waals surface area contributed by atoms with Crippen LogP contribution in [0.5, 0.6) is 0 Å². The number of thiol groups is 1. The summed E-state index contributed by atoms with van der Waals surface area (Å²) in [6, 6.07) is 15.0. The highest BCUT2D eigenvalue weighted by molar-refractivity contribution is 7.80. The molecule has 1 aliphatic heterocycles. The fourth-order valence-corrected chi connectivity index (χ4v) is 5.66. The van der Waals surface area contributed by atoms with Crippen LogP contribution in [0.2, 0.25) is 0 Å². The first-order valence-corrected chi connectivity index (χ1v) is 15.0. The number of carbonyl (C=O) groups is 1. The third-order valence-electron chi connectivity index (χ3n) is 8.04. The Hall–Kier alpha value is -2.20. The lowest BCUT2D eigenvalue weighted by Crippen LogP contribution is -2.31. The third kappa shape index (κ3) is 9.56. The molecule has 2 aromatic carbocycles. The van der Waals surface area contributed by atoms with Crippen LogP contribution in [0.3, 0.4) is 0 Å². The second kappa shape index (κ2) is 15.3. The summed E-state index contributed by atoms with van der Waals surface area (Å²) >= 11 is 4.40. The van der Waals surface area contributed by atoms with E-state index in [0.29, 0.717) is 23.3 Å². The maximum Gasteiger partial charge on any atom is 0.248 e. The molecule has 0 radical (unpaired) electrons. The number of hydrogen-bond donors (Lipinski definition) is 2. The van der Waals surface area contributed by atoms with Crippen LogP contribution in [0.4, 0.5) is 5.69 Å². The first kappa shape index (κ1) is 29.4. The van der Waals surface area contributed by atoms with Crippen molar-refractivity contribution in [2.45, 2.75) is 78.6 Å². The molecule has 0 saturated heterocycles. The first-order valence-electron chi connectivity index (χ1n) is 14.4. The molecule has 1 heterocycles. The number of allylic oxidation sites excluding steroid dienone is 2. The van der Waals surface area contributed by atoms with Crippen LogP contribution in [0, 0.1) is 24.7 Å². The van der Waals surface area contributed by atoms with Gasteiger partial charge in [0, 0.05) is 24.3 Å². The molecule has 3 atom stereocenters. The lowest BCUT2D eigenvalue weighted by atomic mass is 9.94. The molecule has 3 rings (SSSR count). The molecule has 4 heteroatoms. The van der Waals surface area contributed by atoms with Gasteiger partial charge in [0.1, 0.15) is 0 Å². The number of amides is 1. The highest BCUT2D eigenvalue weighted by Gasteiger charge is 2.23. The van der Waals surface area contributed by atoms with E-state index in [2.05, 4.69) is 80.8 Å². The maximum absolute atomic E-state index is 12.0. The van der Waals surface area contributed by atoms with E-state index in [9.17, 15) is 4.79 Å². The summed E-state index contributed by atoms with van der Waals surface area (Å²) in [5, 5.41) is 0. The molecule has 1 unspecified atom stereocenters. The summed E-state index contributed by atoms with van der Waals surface area (Å²) in [7, 11) is 0. The van der Waals surface area contributed by atoms with E-state index >= 15 is 0 Å². The number of rotatable bonds is 14. The fourth-order valence-electron chi connectivity index (χ4n) is 5.51. The third-order valence-corrected chi connectivity index (χ3v) is 8.67. The minimum absolute atomic E-state index is 0.339. The smallest absolute Gasteiger partial charge is 0.248 e. The monoisotopic (exact) mass is 520 g/mol. The Morgan fingerprint density at radius 2 is 2.00 bits per heavy atom. The molecular formula is C33H48N2OS. The number of hydrogen-bond acceptors (Lipinski definition) is 3. The fraction of sp³-hybridized carbons (Fsp3) is 0.545. The number of fused-ring (bicyclic) bond motifs is 1.